The van der Waals surface area contributed by atoms with Gasteiger partial charge in [0, 0.05) is 11.6 Å². The highest BCUT2D eigenvalue weighted by Gasteiger charge is 2.16. The Morgan fingerprint density at radius 1 is 1.19 bits per heavy atom. The second-order valence-electron chi connectivity index (χ2n) is 6.67. The van der Waals surface area contributed by atoms with E-state index in [9.17, 15) is 4.79 Å². The molecule has 32 heavy (non-hydrogen) atoms. The molecule has 0 bridgehead atoms. The van der Waals surface area contributed by atoms with E-state index < -0.39 is 0 Å². The number of hydrogen-bond donors (Lipinski definition) is 1. The van der Waals surface area contributed by atoms with Crippen molar-refractivity contribution in [2.75, 3.05) is 11.1 Å². The third-order valence-electron chi connectivity index (χ3n) is 4.41. The van der Waals surface area contributed by atoms with Crippen molar-refractivity contribution >= 4 is 58.2 Å². The molecule has 6 nitrogen and oxygen atoms in total. The average Bonchev–Trinajstić information content (AvgIpc) is 3.15. The van der Waals surface area contributed by atoms with Crippen LogP contribution in [0.5, 0.6) is 5.75 Å². The van der Waals surface area contributed by atoms with Gasteiger partial charge in [0.15, 0.2) is 11.0 Å². The Hall–Kier alpha value is -2.19. The van der Waals surface area contributed by atoms with Crippen molar-refractivity contribution in [1.82, 2.24) is 14.8 Å². The minimum atomic E-state index is -0.289. The van der Waals surface area contributed by atoms with Crippen LogP contribution < -0.4 is 10.1 Å². The molecule has 0 atom stereocenters. The summed E-state index contributed by atoms with van der Waals surface area (Å²) in [6.07, 6.45) is 2.71. The number of anilines is 1. The number of allylic oxidation sites excluding steroid dienone is 1. The highest BCUT2D eigenvalue weighted by Crippen LogP contribution is 2.33. The van der Waals surface area contributed by atoms with Gasteiger partial charge in [-0.1, -0.05) is 71.7 Å². The zero-order chi connectivity index (χ0) is 23.1. The number of nitrogens with one attached hydrogen (secondary N) is 1. The van der Waals surface area contributed by atoms with Crippen LogP contribution in [0.1, 0.15) is 18.3 Å². The van der Waals surface area contributed by atoms with Crippen molar-refractivity contribution in [3.05, 3.63) is 75.5 Å². The van der Waals surface area contributed by atoms with E-state index in [-0.39, 0.29) is 28.3 Å². The van der Waals surface area contributed by atoms with Crippen molar-refractivity contribution in [2.45, 2.75) is 31.7 Å². The summed E-state index contributed by atoms with van der Waals surface area (Å²) in [5.41, 5.74) is 1.56. The molecule has 0 radical (unpaired) electrons. The first-order valence-electron chi connectivity index (χ1n) is 9.73. The number of rotatable bonds is 10. The van der Waals surface area contributed by atoms with Crippen LogP contribution in [-0.4, -0.2) is 26.4 Å². The van der Waals surface area contributed by atoms with Gasteiger partial charge in [-0.25, -0.2) is 0 Å². The lowest BCUT2D eigenvalue weighted by Crippen LogP contribution is -2.15. The summed E-state index contributed by atoms with van der Waals surface area (Å²) in [4.78, 5) is 12.4. The standard InChI is InChI=1S/C22H21Cl3N4O2S/c1-3-9-29-19(12-31-16-7-5-14(4-2)6-8-16)27-28-22(29)32-13-20(30)26-21-17(24)10-15(23)11-18(21)25/h3,5-8,10-11H,1,4,9,12-13H2,2H3,(H,26,30). The van der Waals surface area contributed by atoms with Gasteiger partial charge in [0.05, 0.1) is 21.5 Å². The molecule has 168 valence electrons. The predicted octanol–water partition coefficient (Wildman–Crippen LogP) is 6.30. The van der Waals surface area contributed by atoms with Gasteiger partial charge in [-0.15, -0.1) is 16.8 Å². The molecule has 10 heteroatoms. The highest BCUT2D eigenvalue weighted by atomic mass is 35.5. The Morgan fingerprint density at radius 2 is 1.88 bits per heavy atom. The second kappa shape index (κ2) is 11.6. The summed E-state index contributed by atoms with van der Waals surface area (Å²) in [5.74, 6) is 1.18. The number of halogens is 3. The lowest BCUT2D eigenvalue weighted by atomic mass is 10.2. The molecule has 3 aromatic rings. The van der Waals surface area contributed by atoms with E-state index in [1.807, 2.05) is 28.8 Å². The molecule has 0 saturated carbocycles. The minimum absolute atomic E-state index is 0.0872. The molecule has 0 aliphatic carbocycles. The van der Waals surface area contributed by atoms with Crippen molar-refractivity contribution in [2.24, 2.45) is 0 Å². The zero-order valence-electron chi connectivity index (χ0n) is 17.3. The summed E-state index contributed by atoms with van der Waals surface area (Å²) in [6.45, 7) is 6.62. The lowest BCUT2D eigenvalue weighted by molar-refractivity contribution is -0.113. The molecule has 2 aromatic carbocycles. The van der Waals surface area contributed by atoms with Crippen LogP contribution in [0.3, 0.4) is 0 Å². The first kappa shape index (κ1) is 24.5. The fourth-order valence-corrected chi connectivity index (χ4v) is 4.46. The number of hydrogen-bond acceptors (Lipinski definition) is 5. The fraction of sp³-hybridized carbons (Fsp3) is 0.227. The number of thioether (sulfide) groups is 1. The SMILES string of the molecule is C=CCn1c(COc2ccc(CC)cc2)nnc1SCC(=O)Nc1c(Cl)cc(Cl)cc1Cl. The molecule has 3 rings (SSSR count). The van der Waals surface area contributed by atoms with Gasteiger partial charge in [0.1, 0.15) is 12.4 Å². The largest absolute Gasteiger partial charge is 0.486 e. The molecule has 1 amide bonds. The van der Waals surface area contributed by atoms with E-state index in [4.69, 9.17) is 39.5 Å². The summed E-state index contributed by atoms with van der Waals surface area (Å²) >= 11 is 19.4. The predicted molar refractivity (Wildman–Crippen MR) is 131 cm³/mol. The van der Waals surface area contributed by atoms with E-state index in [2.05, 4.69) is 29.0 Å². The van der Waals surface area contributed by atoms with Crippen molar-refractivity contribution in [3.63, 3.8) is 0 Å². The molecule has 0 aliphatic heterocycles. The monoisotopic (exact) mass is 510 g/mol. The number of nitrogens with zero attached hydrogens (tertiary/aromatic N) is 3. The first-order valence-corrected chi connectivity index (χ1v) is 11.8. The molecular formula is C22H21Cl3N4O2S. The topological polar surface area (TPSA) is 69.0 Å². The molecule has 0 unspecified atom stereocenters. The Kier molecular flexibility index (Phi) is 8.87. The van der Waals surface area contributed by atoms with Crippen molar-refractivity contribution < 1.29 is 9.53 Å². The average molecular weight is 512 g/mol. The number of aryl methyl sites for hydroxylation is 1. The quantitative estimate of drug-likeness (QED) is 0.256. The minimum Gasteiger partial charge on any atom is -0.486 e. The first-order chi connectivity index (χ1) is 15.4. The lowest BCUT2D eigenvalue weighted by Gasteiger charge is -2.11. The van der Waals surface area contributed by atoms with E-state index in [0.717, 1.165) is 12.2 Å². The number of aromatic nitrogens is 3. The van der Waals surface area contributed by atoms with Gasteiger partial charge in [-0.3, -0.25) is 9.36 Å². The fourth-order valence-electron chi connectivity index (χ4n) is 2.78. The molecule has 0 spiro atoms. The number of carbonyl (C=O) groups excluding carboxylic acids is 1. The van der Waals surface area contributed by atoms with E-state index in [1.165, 1.54) is 29.5 Å². The number of amides is 1. The molecule has 0 saturated heterocycles. The molecule has 1 heterocycles. The Balaban J connectivity index is 1.63. The number of benzene rings is 2. The zero-order valence-corrected chi connectivity index (χ0v) is 20.4. The van der Waals surface area contributed by atoms with Crippen LogP contribution >= 0.6 is 46.6 Å². The van der Waals surface area contributed by atoms with Crippen LogP contribution in [-0.2, 0) is 24.4 Å². The number of ether oxygens (including phenoxy) is 1. The van der Waals surface area contributed by atoms with Gasteiger partial charge in [0.2, 0.25) is 5.91 Å². The van der Waals surface area contributed by atoms with Gasteiger partial charge in [-0.2, -0.15) is 0 Å². The van der Waals surface area contributed by atoms with Gasteiger partial charge in [0.25, 0.3) is 0 Å². The summed E-state index contributed by atoms with van der Waals surface area (Å²) < 4.78 is 7.70. The number of carbonyl (C=O) groups is 1. The van der Waals surface area contributed by atoms with Crippen LogP contribution in [0.4, 0.5) is 5.69 Å². The Labute approximate surface area is 205 Å². The highest BCUT2D eigenvalue weighted by molar-refractivity contribution is 7.99. The van der Waals surface area contributed by atoms with Crippen LogP contribution in [0.2, 0.25) is 15.1 Å². The maximum Gasteiger partial charge on any atom is 0.234 e. The summed E-state index contributed by atoms with van der Waals surface area (Å²) in [7, 11) is 0. The summed E-state index contributed by atoms with van der Waals surface area (Å²) in [5, 5.41) is 12.6. The summed E-state index contributed by atoms with van der Waals surface area (Å²) in [6, 6.07) is 11.0. The molecule has 0 fully saturated rings. The van der Waals surface area contributed by atoms with Crippen LogP contribution in [0.25, 0.3) is 0 Å². The maximum absolute atomic E-state index is 12.4. The maximum atomic E-state index is 12.4. The van der Waals surface area contributed by atoms with E-state index in [0.29, 0.717) is 28.2 Å². The van der Waals surface area contributed by atoms with Crippen LogP contribution in [0.15, 0.2) is 54.2 Å². The molecule has 0 aliphatic rings. The van der Waals surface area contributed by atoms with E-state index >= 15 is 0 Å². The Morgan fingerprint density at radius 3 is 2.50 bits per heavy atom. The third-order valence-corrected chi connectivity index (χ3v) is 6.19. The van der Waals surface area contributed by atoms with Gasteiger partial charge in [-0.05, 0) is 36.2 Å². The normalized spacial score (nSPS) is 10.8. The molecular weight excluding hydrogens is 491 g/mol. The smallest absolute Gasteiger partial charge is 0.234 e. The van der Waals surface area contributed by atoms with Crippen molar-refractivity contribution in [3.8, 4) is 5.75 Å². The Bertz CT molecular complexity index is 1080. The third kappa shape index (κ3) is 6.42. The van der Waals surface area contributed by atoms with E-state index in [1.54, 1.807) is 6.08 Å². The van der Waals surface area contributed by atoms with Crippen molar-refractivity contribution in [1.29, 1.82) is 0 Å². The molecule has 1 N–H and O–H groups in total. The van der Waals surface area contributed by atoms with Crippen LogP contribution in [0, 0.1) is 0 Å². The second-order valence-corrected chi connectivity index (χ2v) is 8.86. The molecule has 1 aromatic heterocycles. The van der Waals surface area contributed by atoms with Gasteiger partial charge < -0.3 is 10.1 Å². The van der Waals surface area contributed by atoms with Gasteiger partial charge >= 0.3 is 0 Å².